The molecular formula is C19H19F2NO4. The van der Waals surface area contributed by atoms with Crippen molar-refractivity contribution in [3.05, 3.63) is 65.2 Å². The average molecular weight is 363 g/mol. The van der Waals surface area contributed by atoms with Crippen LogP contribution in [0.15, 0.2) is 42.5 Å². The van der Waals surface area contributed by atoms with E-state index in [1.807, 2.05) is 0 Å². The highest BCUT2D eigenvalue weighted by Crippen LogP contribution is 2.14. The minimum atomic E-state index is -0.917. The Labute approximate surface area is 149 Å². The van der Waals surface area contributed by atoms with E-state index in [-0.39, 0.29) is 18.4 Å². The number of carbonyl (C=O) groups excluding carboxylic acids is 2. The second-order valence-corrected chi connectivity index (χ2v) is 5.65. The molecule has 1 N–H and O–H groups in total. The lowest BCUT2D eigenvalue weighted by atomic mass is 10.0. The molecule has 0 unspecified atom stereocenters. The lowest BCUT2D eigenvalue weighted by molar-refractivity contribution is -0.145. The highest BCUT2D eigenvalue weighted by molar-refractivity contribution is 5.85. The normalized spacial score (nSPS) is 11.5. The van der Waals surface area contributed by atoms with Crippen LogP contribution in [0.5, 0.6) is 5.75 Å². The number of esters is 1. The van der Waals surface area contributed by atoms with Gasteiger partial charge in [0.25, 0.3) is 0 Å². The summed E-state index contributed by atoms with van der Waals surface area (Å²) in [5, 5.41) is 2.54. The van der Waals surface area contributed by atoms with Gasteiger partial charge in [-0.15, -0.1) is 0 Å². The van der Waals surface area contributed by atoms with Crippen molar-refractivity contribution in [2.45, 2.75) is 18.9 Å². The Bertz CT molecular complexity index is 757. The summed E-state index contributed by atoms with van der Waals surface area (Å²) in [6.07, 6.45) is -0.0509. The summed E-state index contributed by atoms with van der Waals surface area (Å²) in [5.41, 5.74) is 0.964. The van der Waals surface area contributed by atoms with Crippen molar-refractivity contribution < 1.29 is 27.8 Å². The highest BCUT2D eigenvalue weighted by atomic mass is 19.1. The number of halogens is 2. The summed E-state index contributed by atoms with van der Waals surface area (Å²) >= 11 is 0. The molecule has 0 aliphatic rings. The van der Waals surface area contributed by atoms with Gasteiger partial charge in [0.1, 0.15) is 23.4 Å². The lowest BCUT2D eigenvalue weighted by Gasteiger charge is -2.17. The van der Waals surface area contributed by atoms with Gasteiger partial charge in [-0.2, -0.15) is 0 Å². The fourth-order valence-corrected chi connectivity index (χ4v) is 2.48. The van der Waals surface area contributed by atoms with E-state index in [1.54, 1.807) is 31.4 Å². The van der Waals surface area contributed by atoms with Crippen LogP contribution in [0.25, 0.3) is 0 Å². The van der Waals surface area contributed by atoms with Crippen molar-refractivity contribution >= 4 is 11.9 Å². The Balaban J connectivity index is 2.06. The molecule has 138 valence electrons. The van der Waals surface area contributed by atoms with Crippen molar-refractivity contribution in [3.63, 3.8) is 0 Å². The molecule has 2 rings (SSSR count). The molecule has 0 aromatic heterocycles. The van der Waals surface area contributed by atoms with Crippen molar-refractivity contribution in [2.75, 3.05) is 14.2 Å². The van der Waals surface area contributed by atoms with Crippen LogP contribution in [-0.2, 0) is 27.2 Å². The van der Waals surface area contributed by atoms with Gasteiger partial charge in [0, 0.05) is 12.5 Å². The van der Waals surface area contributed by atoms with Gasteiger partial charge in [0.2, 0.25) is 5.91 Å². The third-order valence-corrected chi connectivity index (χ3v) is 3.71. The van der Waals surface area contributed by atoms with Crippen LogP contribution in [-0.4, -0.2) is 32.1 Å². The summed E-state index contributed by atoms with van der Waals surface area (Å²) in [4.78, 5) is 24.1. The monoisotopic (exact) mass is 363 g/mol. The minimum Gasteiger partial charge on any atom is -0.497 e. The quantitative estimate of drug-likeness (QED) is 0.768. The number of methoxy groups -OCH3 is 2. The second-order valence-electron chi connectivity index (χ2n) is 5.65. The molecule has 1 atom stereocenters. The predicted molar refractivity (Wildman–Crippen MR) is 90.7 cm³/mol. The number of amides is 1. The molecular weight excluding hydrogens is 344 g/mol. The van der Waals surface area contributed by atoms with E-state index in [9.17, 15) is 18.4 Å². The fourth-order valence-electron chi connectivity index (χ4n) is 2.48. The van der Waals surface area contributed by atoms with Crippen molar-refractivity contribution in [2.24, 2.45) is 0 Å². The van der Waals surface area contributed by atoms with E-state index in [0.29, 0.717) is 5.75 Å². The molecule has 1 amide bonds. The SMILES string of the molecule is COC(=O)[C@H](Cc1ccc(OC)cc1)NC(=O)Cc1cc(F)cc(F)c1. The number of benzene rings is 2. The molecule has 0 aliphatic carbocycles. The zero-order valence-corrected chi connectivity index (χ0v) is 14.4. The van der Waals surface area contributed by atoms with Crippen LogP contribution in [0.4, 0.5) is 8.78 Å². The van der Waals surface area contributed by atoms with Gasteiger partial charge in [-0.1, -0.05) is 12.1 Å². The Kier molecular flexibility index (Phi) is 6.66. The molecule has 0 saturated carbocycles. The van der Waals surface area contributed by atoms with Gasteiger partial charge in [-0.25, -0.2) is 13.6 Å². The highest BCUT2D eigenvalue weighted by Gasteiger charge is 2.22. The van der Waals surface area contributed by atoms with Gasteiger partial charge in [0.05, 0.1) is 20.6 Å². The molecule has 0 spiro atoms. The Morgan fingerprint density at radius 2 is 1.62 bits per heavy atom. The van der Waals surface area contributed by atoms with Crippen LogP contribution in [0.1, 0.15) is 11.1 Å². The number of rotatable bonds is 7. The molecule has 26 heavy (non-hydrogen) atoms. The largest absolute Gasteiger partial charge is 0.497 e. The van der Waals surface area contributed by atoms with E-state index in [2.05, 4.69) is 5.32 Å². The molecule has 0 bridgehead atoms. The molecule has 2 aromatic rings. The summed E-state index contributed by atoms with van der Waals surface area (Å²) < 4.78 is 36.2. The molecule has 0 aliphatic heterocycles. The number of carbonyl (C=O) groups is 2. The summed E-state index contributed by atoms with van der Waals surface area (Å²) in [7, 11) is 2.76. The van der Waals surface area contributed by atoms with E-state index in [0.717, 1.165) is 23.8 Å². The maximum absolute atomic E-state index is 13.2. The standard InChI is InChI=1S/C19H19F2NO4/c1-25-16-5-3-12(4-6-16)9-17(19(24)26-2)22-18(23)10-13-7-14(20)11-15(21)8-13/h3-8,11,17H,9-10H2,1-2H3,(H,22,23)/t17-/m0/s1. The van der Waals surface area contributed by atoms with Gasteiger partial charge in [-0.05, 0) is 35.4 Å². The van der Waals surface area contributed by atoms with E-state index < -0.39 is 29.6 Å². The first-order valence-corrected chi connectivity index (χ1v) is 7.86. The van der Waals surface area contributed by atoms with Crippen molar-refractivity contribution in [1.29, 1.82) is 0 Å². The fraction of sp³-hybridized carbons (Fsp3) is 0.263. The third kappa shape index (κ3) is 5.54. The third-order valence-electron chi connectivity index (χ3n) is 3.71. The van der Waals surface area contributed by atoms with E-state index in [1.165, 1.54) is 7.11 Å². The zero-order valence-electron chi connectivity index (χ0n) is 14.4. The average Bonchev–Trinajstić information content (AvgIpc) is 2.60. The molecule has 0 fully saturated rings. The van der Waals surface area contributed by atoms with Gasteiger partial charge in [-0.3, -0.25) is 4.79 Å². The predicted octanol–water partition coefficient (Wildman–Crippen LogP) is 2.42. The van der Waals surface area contributed by atoms with Gasteiger partial charge >= 0.3 is 5.97 Å². The smallest absolute Gasteiger partial charge is 0.328 e. The van der Waals surface area contributed by atoms with Crippen molar-refractivity contribution in [3.8, 4) is 5.75 Å². The molecule has 0 heterocycles. The summed E-state index contributed by atoms with van der Waals surface area (Å²) in [6.45, 7) is 0. The Morgan fingerprint density at radius 3 is 2.15 bits per heavy atom. The van der Waals surface area contributed by atoms with Crippen molar-refractivity contribution in [1.82, 2.24) is 5.32 Å². The first-order chi connectivity index (χ1) is 12.4. The number of nitrogens with one attached hydrogen (secondary N) is 1. The summed E-state index contributed by atoms with van der Waals surface area (Å²) in [5.74, 6) is -2.02. The molecule has 0 radical (unpaired) electrons. The van der Waals surface area contributed by atoms with E-state index >= 15 is 0 Å². The van der Waals surface area contributed by atoms with Gasteiger partial charge < -0.3 is 14.8 Å². The topological polar surface area (TPSA) is 64.6 Å². The van der Waals surface area contributed by atoms with Gasteiger partial charge in [0.15, 0.2) is 0 Å². The van der Waals surface area contributed by atoms with Crippen LogP contribution in [0.2, 0.25) is 0 Å². The minimum absolute atomic E-state index is 0.174. The lowest BCUT2D eigenvalue weighted by Crippen LogP contribution is -2.43. The number of hydrogen-bond donors (Lipinski definition) is 1. The maximum atomic E-state index is 13.2. The molecule has 2 aromatic carbocycles. The Hall–Kier alpha value is -2.96. The van der Waals surface area contributed by atoms with E-state index in [4.69, 9.17) is 9.47 Å². The number of hydrogen-bond acceptors (Lipinski definition) is 4. The van der Waals surface area contributed by atoms with Crippen LogP contribution < -0.4 is 10.1 Å². The first-order valence-electron chi connectivity index (χ1n) is 7.86. The maximum Gasteiger partial charge on any atom is 0.328 e. The first kappa shape index (κ1) is 19.4. The number of ether oxygens (including phenoxy) is 2. The van der Waals surface area contributed by atoms with Crippen LogP contribution in [0, 0.1) is 11.6 Å². The molecule has 5 nitrogen and oxygen atoms in total. The second kappa shape index (κ2) is 8.94. The van der Waals surface area contributed by atoms with Crippen LogP contribution in [0.3, 0.4) is 0 Å². The van der Waals surface area contributed by atoms with Crippen LogP contribution >= 0.6 is 0 Å². The molecule has 0 saturated heterocycles. The summed E-state index contributed by atoms with van der Waals surface area (Å²) in [6, 6.07) is 8.95. The Morgan fingerprint density at radius 1 is 1.00 bits per heavy atom. The molecule has 7 heteroatoms. The zero-order chi connectivity index (χ0) is 19.1.